The van der Waals surface area contributed by atoms with Crippen LogP contribution in [0.15, 0.2) is 47.5 Å². The summed E-state index contributed by atoms with van der Waals surface area (Å²) in [5.41, 5.74) is 2.17. The number of nitro benzene ring substituents is 1. The highest BCUT2D eigenvalue weighted by Crippen LogP contribution is 2.23. The van der Waals surface area contributed by atoms with Crippen molar-refractivity contribution in [3.05, 3.63) is 63.7 Å². The normalized spacial score (nSPS) is 12.1. The molecular formula is C17H16N2O5. The number of carboxylic acid groups (broad SMARTS) is 1. The van der Waals surface area contributed by atoms with Crippen molar-refractivity contribution in [2.45, 2.75) is 20.0 Å². The molecule has 0 aliphatic rings. The fourth-order valence-corrected chi connectivity index (χ4v) is 1.93. The average Bonchev–Trinajstić information content (AvgIpc) is 2.54. The summed E-state index contributed by atoms with van der Waals surface area (Å²) in [6, 6.07) is 11.3. The second-order valence-corrected chi connectivity index (χ2v) is 5.15. The van der Waals surface area contributed by atoms with Gasteiger partial charge in [0.05, 0.1) is 10.6 Å². The summed E-state index contributed by atoms with van der Waals surface area (Å²) < 4.78 is 5.24. The maximum Gasteiger partial charge on any atom is 0.344 e. The Bertz CT molecular complexity index is 784. The SMILES string of the molecule is Cc1cc([N+](=O)[O-])ccc1N=Cc1ccc(O[C@H](C)C(=O)O)cc1. The summed E-state index contributed by atoms with van der Waals surface area (Å²) in [6.07, 6.45) is 0.700. The maximum atomic E-state index is 10.7. The number of aryl methyl sites for hydroxylation is 1. The van der Waals surface area contributed by atoms with Crippen molar-refractivity contribution in [1.82, 2.24) is 0 Å². The first kappa shape index (κ1) is 17.1. The quantitative estimate of drug-likeness (QED) is 0.496. The van der Waals surface area contributed by atoms with Gasteiger partial charge in [-0.1, -0.05) is 0 Å². The maximum absolute atomic E-state index is 10.7. The monoisotopic (exact) mass is 328 g/mol. The highest BCUT2D eigenvalue weighted by Gasteiger charge is 2.12. The number of non-ortho nitro benzene ring substituents is 1. The highest BCUT2D eigenvalue weighted by atomic mass is 16.6. The first-order valence-corrected chi connectivity index (χ1v) is 7.15. The molecule has 0 unspecified atom stereocenters. The smallest absolute Gasteiger partial charge is 0.344 e. The van der Waals surface area contributed by atoms with E-state index in [0.717, 1.165) is 5.56 Å². The lowest BCUT2D eigenvalue weighted by molar-refractivity contribution is -0.384. The zero-order valence-electron chi connectivity index (χ0n) is 13.2. The predicted octanol–water partition coefficient (Wildman–Crippen LogP) is 3.51. The van der Waals surface area contributed by atoms with Crippen molar-refractivity contribution in [2.75, 3.05) is 0 Å². The van der Waals surface area contributed by atoms with Gasteiger partial charge < -0.3 is 9.84 Å². The molecule has 0 heterocycles. The van der Waals surface area contributed by atoms with E-state index in [4.69, 9.17) is 9.84 Å². The van der Waals surface area contributed by atoms with E-state index in [1.165, 1.54) is 19.1 Å². The first-order valence-electron chi connectivity index (χ1n) is 7.15. The number of nitrogens with zero attached hydrogens (tertiary/aromatic N) is 2. The molecule has 24 heavy (non-hydrogen) atoms. The van der Waals surface area contributed by atoms with Crippen LogP contribution >= 0.6 is 0 Å². The Morgan fingerprint density at radius 1 is 1.29 bits per heavy atom. The van der Waals surface area contributed by atoms with Crippen LogP contribution in [0.3, 0.4) is 0 Å². The molecule has 0 spiro atoms. The third-order valence-corrected chi connectivity index (χ3v) is 3.28. The van der Waals surface area contributed by atoms with Crippen LogP contribution in [0.5, 0.6) is 5.75 Å². The van der Waals surface area contributed by atoms with Crippen LogP contribution in [0.4, 0.5) is 11.4 Å². The Morgan fingerprint density at radius 3 is 2.50 bits per heavy atom. The first-order chi connectivity index (χ1) is 11.4. The minimum Gasteiger partial charge on any atom is -0.479 e. The Kier molecular flexibility index (Phi) is 5.26. The molecule has 1 N–H and O–H groups in total. The van der Waals surface area contributed by atoms with E-state index in [-0.39, 0.29) is 5.69 Å². The summed E-state index contributed by atoms with van der Waals surface area (Å²) in [5, 5.41) is 19.5. The number of rotatable bonds is 6. The molecule has 2 rings (SSSR count). The third kappa shape index (κ3) is 4.39. The minimum atomic E-state index is -1.03. The molecule has 1 atom stereocenters. The molecule has 0 aliphatic carbocycles. The summed E-state index contributed by atoms with van der Waals surface area (Å²) in [6.45, 7) is 3.21. The van der Waals surface area contributed by atoms with E-state index in [1.807, 2.05) is 0 Å². The number of carbonyl (C=O) groups is 1. The zero-order valence-corrected chi connectivity index (χ0v) is 13.2. The Morgan fingerprint density at radius 2 is 1.96 bits per heavy atom. The van der Waals surface area contributed by atoms with Crippen LogP contribution in [0.2, 0.25) is 0 Å². The number of benzene rings is 2. The second kappa shape index (κ2) is 7.36. The van der Waals surface area contributed by atoms with Crippen LogP contribution in [0.25, 0.3) is 0 Å². The van der Waals surface area contributed by atoms with E-state index < -0.39 is 17.0 Å². The molecule has 0 saturated carbocycles. The topological polar surface area (TPSA) is 102 Å². The summed E-state index contributed by atoms with van der Waals surface area (Å²) in [4.78, 5) is 25.3. The van der Waals surface area contributed by atoms with Gasteiger partial charge in [-0.3, -0.25) is 15.1 Å². The lowest BCUT2D eigenvalue weighted by atomic mass is 10.2. The molecule has 0 fully saturated rings. The summed E-state index contributed by atoms with van der Waals surface area (Å²) in [7, 11) is 0. The van der Waals surface area contributed by atoms with E-state index in [1.54, 1.807) is 43.5 Å². The standard InChI is InChI=1S/C17H16N2O5/c1-11-9-14(19(22)23)5-8-16(11)18-10-13-3-6-15(7-4-13)24-12(2)17(20)21/h3-10,12H,1-2H3,(H,20,21)/t12-/m1/s1. The van der Waals surface area contributed by atoms with Crippen LogP contribution in [0, 0.1) is 17.0 Å². The molecule has 0 saturated heterocycles. The molecule has 0 amide bonds. The zero-order chi connectivity index (χ0) is 17.7. The molecule has 0 aromatic heterocycles. The summed E-state index contributed by atoms with van der Waals surface area (Å²) in [5.74, 6) is -0.581. The van der Waals surface area contributed by atoms with Crippen LogP contribution in [-0.4, -0.2) is 28.3 Å². The third-order valence-electron chi connectivity index (χ3n) is 3.28. The van der Waals surface area contributed by atoms with Crippen LogP contribution in [0.1, 0.15) is 18.1 Å². The predicted molar refractivity (Wildman–Crippen MR) is 89.3 cm³/mol. The van der Waals surface area contributed by atoms with Gasteiger partial charge in [0, 0.05) is 18.3 Å². The fourth-order valence-electron chi connectivity index (χ4n) is 1.93. The highest BCUT2D eigenvalue weighted by molar-refractivity contribution is 5.82. The molecule has 0 radical (unpaired) electrons. The molecule has 2 aromatic rings. The number of carboxylic acids is 1. The van der Waals surface area contributed by atoms with Crippen molar-refractivity contribution in [3.63, 3.8) is 0 Å². The molecule has 7 nitrogen and oxygen atoms in total. The number of aliphatic imine (C=N–C) groups is 1. The van der Waals surface area contributed by atoms with Gasteiger partial charge in [-0.05, 0) is 55.3 Å². The van der Waals surface area contributed by atoms with Gasteiger partial charge >= 0.3 is 5.97 Å². The van der Waals surface area contributed by atoms with Gasteiger partial charge in [0.25, 0.3) is 5.69 Å². The number of nitro groups is 1. The van der Waals surface area contributed by atoms with Crippen molar-refractivity contribution >= 4 is 23.6 Å². The van der Waals surface area contributed by atoms with E-state index in [2.05, 4.69) is 4.99 Å². The minimum absolute atomic E-state index is 0.0282. The van der Waals surface area contributed by atoms with Gasteiger partial charge in [0.15, 0.2) is 6.10 Å². The van der Waals surface area contributed by atoms with Crippen LogP contribution < -0.4 is 4.74 Å². The van der Waals surface area contributed by atoms with E-state index >= 15 is 0 Å². The molecule has 7 heteroatoms. The van der Waals surface area contributed by atoms with Crippen molar-refractivity contribution < 1.29 is 19.6 Å². The van der Waals surface area contributed by atoms with Gasteiger partial charge in [-0.15, -0.1) is 0 Å². The lowest BCUT2D eigenvalue weighted by Crippen LogP contribution is -2.22. The van der Waals surface area contributed by atoms with Crippen molar-refractivity contribution in [3.8, 4) is 5.75 Å². The number of hydrogen-bond donors (Lipinski definition) is 1. The fraction of sp³-hybridized carbons (Fsp3) is 0.176. The largest absolute Gasteiger partial charge is 0.479 e. The molecular weight excluding hydrogens is 312 g/mol. The summed E-state index contributed by atoms with van der Waals surface area (Å²) >= 11 is 0. The Hall–Kier alpha value is -3.22. The van der Waals surface area contributed by atoms with Gasteiger partial charge in [0.2, 0.25) is 0 Å². The second-order valence-electron chi connectivity index (χ2n) is 5.15. The van der Waals surface area contributed by atoms with E-state index in [0.29, 0.717) is 17.0 Å². The number of ether oxygens (including phenoxy) is 1. The van der Waals surface area contributed by atoms with Gasteiger partial charge in [0.1, 0.15) is 5.75 Å². The van der Waals surface area contributed by atoms with Crippen LogP contribution in [-0.2, 0) is 4.79 Å². The Balaban J connectivity index is 2.09. The van der Waals surface area contributed by atoms with Crippen molar-refractivity contribution in [2.24, 2.45) is 4.99 Å². The number of hydrogen-bond acceptors (Lipinski definition) is 5. The van der Waals surface area contributed by atoms with Gasteiger partial charge in [-0.25, -0.2) is 4.79 Å². The van der Waals surface area contributed by atoms with Crippen molar-refractivity contribution in [1.29, 1.82) is 0 Å². The number of aliphatic carboxylic acids is 1. The van der Waals surface area contributed by atoms with Gasteiger partial charge in [-0.2, -0.15) is 0 Å². The van der Waals surface area contributed by atoms with E-state index in [9.17, 15) is 14.9 Å². The molecule has 2 aromatic carbocycles. The molecule has 0 bridgehead atoms. The molecule has 0 aliphatic heterocycles. The molecule has 124 valence electrons. The average molecular weight is 328 g/mol. The Labute approximate surface area is 138 Å². The lowest BCUT2D eigenvalue weighted by Gasteiger charge is -2.09.